The second-order valence-electron chi connectivity index (χ2n) is 4.74. The van der Waals surface area contributed by atoms with Gasteiger partial charge in [-0.1, -0.05) is 24.3 Å². The van der Waals surface area contributed by atoms with E-state index < -0.39 is 11.9 Å². The third-order valence-electron chi connectivity index (χ3n) is 3.19. The maximum absolute atomic E-state index is 11.9. The highest BCUT2D eigenvalue weighted by atomic mass is 79.9. The summed E-state index contributed by atoms with van der Waals surface area (Å²) in [6, 6.07) is 13.4. The number of carboxylic acid groups (broad SMARTS) is 1. The van der Waals surface area contributed by atoms with Crippen molar-refractivity contribution in [1.29, 1.82) is 0 Å². The highest BCUT2D eigenvalue weighted by Gasteiger charge is 2.25. The molecule has 1 N–H and O–H groups in total. The fourth-order valence-electron chi connectivity index (χ4n) is 2.04. The van der Waals surface area contributed by atoms with Crippen molar-refractivity contribution in [2.75, 3.05) is 0 Å². The fraction of sp³-hybridized carbons (Fsp3) is 0. The van der Waals surface area contributed by atoms with E-state index in [9.17, 15) is 9.59 Å². The van der Waals surface area contributed by atoms with Gasteiger partial charge in [-0.05, 0) is 51.8 Å². The van der Waals surface area contributed by atoms with E-state index in [1.54, 1.807) is 24.3 Å². The molecule has 0 aromatic heterocycles. The topological polar surface area (TPSA) is 76.0 Å². The Morgan fingerprint density at radius 1 is 1.13 bits per heavy atom. The molecule has 0 unspecified atom stereocenters. The Morgan fingerprint density at radius 3 is 2.48 bits per heavy atom. The molecule has 6 heteroatoms. The zero-order valence-corrected chi connectivity index (χ0v) is 13.3. The lowest BCUT2D eigenvalue weighted by Gasteiger charge is -2.01. The second kappa shape index (κ2) is 6.18. The number of carbonyl (C=O) groups is 2. The number of hydrogen-bond acceptors (Lipinski definition) is 4. The Kier molecular flexibility index (Phi) is 4.08. The summed E-state index contributed by atoms with van der Waals surface area (Å²) >= 11 is 3.39. The summed E-state index contributed by atoms with van der Waals surface area (Å²) in [5.41, 5.74) is 1.70. The van der Waals surface area contributed by atoms with Crippen LogP contribution in [0.4, 0.5) is 0 Å². The number of nitrogens with zero attached hydrogens (tertiary/aromatic N) is 1. The first-order valence-corrected chi connectivity index (χ1v) is 7.45. The molecule has 1 aliphatic rings. The number of carboxylic acids is 1. The van der Waals surface area contributed by atoms with Crippen LogP contribution >= 0.6 is 15.9 Å². The summed E-state index contributed by atoms with van der Waals surface area (Å²) in [6.07, 6.45) is 1.55. The van der Waals surface area contributed by atoms with Crippen molar-refractivity contribution in [1.82, 2.24) is 0 Å². The van der Waals surface area contributed by atoms with Gasteiger partial charge in [0.1, 0.15) is 0 Å². The van der Waals surface area contributed by atoms with Crippen LogP contribution in [0, 0.1) is 0 Å². The molecule has 0 bridgehead atoms. The van der Waals surface area contributed by atoms with Crippen molar-refractivity contribution in [2.24, 2.45) is 4.99 Å². The SMILES string of the molecule is O=C1OC(c2ccccc2Br)=NC1=Cc1ccc(C(=O)O)cc1. The quantitative estimate of drug-likeness (QED) is 0.661. The van der Waals surface area contributed by atoms with Crippen LogP contribution in [0.1, 0.15) is 21.5 Å². The van der Waals surface area contributed by atoms with Crippen LogP contribution in [-0.4, -0.2) is 22.9 Å². The van der Waals surface area contributed by atoms with E-state index in [0.29, 0.717) is 11.1 Å². The first-order chi connectivity index (χ1) is 11.0. The van der Waals surface area contributed by atoms with Crippen molar-refractivity contribution >= 4 is 39.8 Å². The van der Waals surface area contributed by atoms with Gasteiger partial charge in [-0.3, -0.25) is 0 Å². The maximum atomic E-state index is 11.9. The molecule has 3 rings (SSSR count). The van der Waals surface area contributed by atoms with E-state index in [4.69, 9.17) is 9.84 Å². The van der Waals surface area contributed by atoms with Crippen LogP contribution in [0.25, 0.3) is 6.08 Å². The van der Waals surface area contributed by atoms with Crippen molar-refractivity contribution in [3.05, 3.63) is 75.4 Å². The molecule has 0 aliphatic carbocycles. The number of halogens is 1. The van der Waals surface area contributed by atoms with Crippen LogP contribution in [0.2, 0.25) is 0 Å². The van der Waals surface area contributed by atoms with Gasteiger partial charge in [-0.25, -0.2) is 14.6 Å². The van der Waals surface area contributed by atoms with Crippen molar-refractivity contribution < 1.29 is 19.4 Å². The molecular weight excluding hydrogens is 362 g/mol. The first-order valence-electron chi connectivity index (χ1n) is 6.65. The number of carbonyl (C=O) groups excluding carboxylic acids is 1. The lowest BCUT2D eigenvalue weighted by atomic mass is 10.1. The molecule has 0 radical (unpaired) electrons. The normalized spacial score (nSPS) is 15.4. The molecule has 1 heterocycles. The minimum Gasteiger partial charge on any atom is -0.478 e. The van der Waals surface area contributed by atoms with E-state index in [-0.39, 0.29) is 17.2 Å². The molecule has 0 spiro atoms. The minimum atomic E-state index is -1.00. The lowest BCUT2D eigenvalue weighted by molar-refractivity contribution is -0.129. The number of aromatic carboxylic acids is 1. The Morgan fingerprint density at radius 2 is 1.83 bits per heavy atom. The molecule has 2 aromatic carbocycles. The predicted molar refractivity (Wildman–Crippen MR) is 88.1 cm³/mol. The van der Waals surface area contributed by atoms with E-state index in [1.165, 1.54) is 12.1 Å². The highest BCUT2D eigenvalue weighted by Crippen LogP contribution is 2.23. The molecule has 0 saturated heterocycles. The molecule has 0 atom stereocenters. The van der Waals surface area contributed by atoms with Gasteiger partial charge in [-0.15, -0.1) is 0 Å². The summed E-state index contributed by atoms with van der Waals surface area (Å²) < 4.78 is 5.97. The molecule has 0 amide bonds. The van der Waals surface area contributed by atoms with Gasteiger partial charge in [-0.2, -0.15) is 0 Å². The van der Waals surface area contributed by atoms with Crippen LogP contribution in [0.3, 0.4) is 0 Å². The highest BCUT2D eigenvalue weighted by molar-refractivity contribution is 9.10. The molecule has 114 valence electrons. The smallest absolute Gasteiger partial charge is 0.363 e. The van der Waals surface area contributed by atoms with Crippen LogP contribution in [0.5, 0.6) is 0 Å². The number of hydrogen-bond donors (Lipinski definition) is 1. The second-order valence-corrected chi connectivity index (χ2v) is 5.60. The molecule has 0 fully saturated rings. The summed E-state index contributed by atoms with van der Waals surface area (Å²) in [5.74, 6) is -1.31. The van der Waals surface area contributed by atoms with Crippen LogP contribution in [0.15, 0.2) is 63.7 Å². The summed E-state index contributed by atoms with van der Waals surface area (Å²) in [4.78, 5) is 27.0. The van der Waals surface area contributed by atoms with Gasteiger partial charge in [0.25, 0.3) is 0 Å². The number of benzene rings is 2. The van der Waals surface area contributed by atoms with Gasteiger partial charge >= 0.3 is 11.9 Å². The van der Waals surface area contributed by atoms with E-state index in [0.717, 1.165) is 4.47 Å². The molecule has 23 heavy (non-hydrogen) atoms. The standard InChI is InChI=1S/C17H10BrNO4/c18-13-4-2-1-3-12(13)15-19-14(17(22)23-15)9-10-5-7-11(8-6-10)16(20)21/h1-9H,(H,20,21). The Labute approximate surface area is 140 Å². The fourth-order valence-corrected chi connectivity index (χ4v) is 2.49. The van der Waals surface area contributed by atoms with E-state index >= 15 is 0 Å². The molecule has 0 saturated carbocycles. The monoisotopic (exact) mass is 371 g/mol. The van der Waals surface area contributed by atoms with Crippen molar-refractivity contribution in [3.8, 4) is 0 Å². The first kappa shape index (κ1) is 15.2. The van der Waals surface area contributed by atoms with Gasteiger partial charge in [0.2, 0.25) is 5.90 Å². The average molecular weight is 372 g/mol. The minimum absolute atomic E-state index is 0.166. The van der Waals surface area contributed by atoms with Gasteiger partial charge in [0, 0.05) is 4.47 Å². The Bertz CT molecular complexity index is 853. The number of ether oxygens (including phenoxy) is 1. The zero-order chi connectivity index (χ0) is 16.4. The van der Waals surface area contributed by atoms with Gasteiger partial charge in [0.05, 0.1) is 11.1 Å². The van der Waals surface area contributed by atoms with Crippen molar-refractivity contribution in [3.63, 3.8) is 0 Å². The number of cyclic esters (lactones) is 1. The molecule has 1 aliphatic heterocycles. The lowest BCUT2D eigenvalue weighted by Crippen LogP contribution is -2.05. The average Bonchev–Trinajstić information content (AvgIpc) is 2.89. The van der Waals surface area contributed by atoms with Crippen LogP contribution < -0.4 is 0 Å². The van der Waals surface area contributed by atoms with Crippen molar-refractivity contribution in [2.45, 2.75) is 0 Å². The number of aliphatic imine (C=N–C) groups is 1. The Hall–Kier alpha value is -2.73. The van der Waals surface area contributed by atoms with Gasteiger partial charge < -0.3 is 9.84 Å². The van der Waals surface area contributed by atoms with Crippen LogP contribution in [-0.2, 0) is 9.53 Å². The molecular formula is C17H10BrNO4. The number of esters is 1. The van der Waals surface area contributed by atoms with E-state index in [2.05, 4.69) is 20.9 Å². The third kappa shape index (κ3) is 3.22. The Balaban J connectivity index is 1.92. The molecule has 5 nitrogen and oxygen atoms in total. The summed E-state index contributed by atoms with van der Waals surface area (Å²) in [5, 5.41) is 8.87. The third-order valence-corrected chi connectivity index (χ3v) is 3.88. The molecule has 2 aromatic rings. The zero-order valence-electron chi connectivity index (χ0n) is 11.7. The summed E-state index contributed by atoms with van der Waals surface area (Å²) in [7, 11) is 0. The largest absolute Gasteiger partial charge is 0.478 e. The maximum Gasteiger partial charge on any atom is 0.363 e. The predicted octanol–water partition coefficient (Wildman–Crippen LogP) is 3.49. The number of rotatable bonds is 3. The van der Waals surface area contributed by atoms with Gasteiger partial charge in [0.15, 0.2) is 5.70 Å². The summed E-state index contributed by atoms with van der Waals surface area (Å²) in [6.45, 7) is 0. The van der Waals surface area contributed by atoms with E-state index in [1.807, 2.05) is 18.2 Å².